The topological polar surface area (TPSA) is 41.5 Å². The summed E-state index contributed by atoms with van der Waals surface area (Å²) < 4.78 is 31.7. The first-order chi connectivity index (χ1) is 10.1. The fourth-order valence-corrected chi connectivity index (χ4v) is 2.51. The molecule has 0 amide bonds. The molecule has 0 fully saturated rings. The second-order valence-corrected chi connectivity index (χ2v) is 5.07. The molecule has 0 bridgehead atoms. The Morgan fingerprint density at radius 3 is 2.67 bits per heavy atom. The number of halogens is 2. The highest BCUT2D eigenvalue weighted by molar-refractivity contribution is 5.44. The molecule has 1 heterocycles. The number of ether oxygens (including phenoxy) is 1. The number of rotatable bonds is 4. The maximum absolute atomic E-state index is 13.1. The second-order valence-electron chi connectivity index (χ2n) is 5.07. The molecule has 1 atom stereocenters. The van der Waals surface area contributed by atoms with Crippen LogP contribution in [0.4, 0.5) is 8.78 Å². The van der Waals surface area contributed by atoms with Crippen molar-refractivity contribution in [3.8, 4) is 11.5 Å². The maximum Gasteiger partial charge on any atom is 0.127 e. The first-order valence-electron chi connectivity index (χ1n) is 6.76. The number of benzene rings is 2. The molecule has 5 heteroatoms. The highest BCUT2D eigenvalue weighted by atomic mass is 19.1. The Hall–Kier alpha value is -2.14. The Bertz CT molecular complexity index is 640. The van der Waals surface area contributed by atoms with Crippen LogP contribution in [0.5, 0.6) is 11.5 Å². The summed E-state index contributed by atoms with van der Waals surface area (Å²) in [6.45, 7) is 1.06. The molecule has 2 aromatic carbocycles. The Balaban J connectivity index is 1.60. The second kappa shape index (κ2) is 5.69. The number of hydrogen-bond donors (Lipinski definition) is 2. The summed E-state index contributed by atoms with van der Waals surface area (Å²) in [5, 5.41) is 12.7. The SMILES string of the molecule is Oc1ccc2c(c1)OCC2NCCc1cc(F)cc(F)c1. The van der Waals surface area contributed by atoms with Gasteiger partial charge in [0.15, 0.2) is 0 Å². The zero-order valence-corrected chi connectivity index (χ0v) is 11.3. The van der Waals surface area contributed by atoms with Gasteiger partial charge in [-0.3, -0.25) is 0 Å². The lowest BCUT2D eigenvalue weighted by Gasteiger charge is -2.11. The summed E-state index contributed by atoms with van der Waals surface area (Å²) in [5.74, 6) is -0.279. The predicted molar refractivity (Wildman–Crippen MR) is 74.4 cm³/mol. The van der Waals surface area contributed by atoms with Crippen molar-refractivity contribution in [3.63, 3.8) is 0 Å². The minimum atomic E-state index is -0.560. The molecular weight excluding hydrogens is 276 g/mol. The lowest BCUT2D eigenvalue weighted by atomic mass is 10.1. The zero-order chi connectivity index (χ0) is 14.8. The maximum atomic E-state index is 13.1. The van der Waals surface area contributed by atoms with Crippen molar-refractivity contribution >= 4 is 0 Å². The van der Waals surface area contributed by atoms with Crippen molar-refractivity contribution in [2.45, 2.75) is 12.5 Å². The van der Waals surface area contributed by atoms with E-state index in [4.69, 9.17) is 4.74 Å². The Morgan fingerprint density at radius 2 is 1.90 bits per heavy atom. The van der Waals surface area contributed by atoms with Crippen LogP contribution in [0, 0.1) is 11.6 Å². The standard InChI is InChI=1S/C16H15F2NO2/c17-11-5-10(6-12(18)7-11)3-4-19-15-9-21-16-8-13(20)1-2-14(15)16/h1-2,5-8,15,19-20H,3-4,9H2. The van der Waals surface area contributed by atoms with Gasteiger partial charge in [-0.1, -0.05) is 0 Å². The number of phenols is 1. The van der Waals surface area contributed by atoms with Crippen molar-refractivity contribution in [3.05, 3.63) is 59.2 Å². The van der Waals surface area contributed by atoms with Crippen molar-refractivity contribution in [2.24, 2.45) is 0 Å². The average molecular weight is 291 g/mol. The molecule has 1 aliphatic rings. The van der Waals surface area contributed by atoms with Gasteiger partial charge in [-0.2, -0.15) is 0 Å². The van der Waals surface area contributed by atoms with E-state index in [2.05, 4.69) is 5.32 Å². The van der Waals surface area contributed by atoms with Gasteiger partial charge >= 0.3 is 0 Å². The molecular formula is C16H15F2NO2. The first kappa shape index (κ1) is 13.8. The Morgan fingerprint density at radius 1 is 1.14 bits per heavy atom. The van der Waals surface area contributed by atoms with Crippen molar-refractivity contribution < 1.29 is 18.6 Å². The molecule has 0 saturated carbocycles. The molecule has 0 aromatic heterocycles. The minimum absolute atomic E-state index is 0.0269. The fraction of sp³-hybridized carbons (Fsp3) is 0.250. The van der Waals surface area contributed by atoms with Crippen LogP contribution >= 0.6 is 0 Å². The van der Waals surface area contributed by atoms with E-state index in [1.807, 2.05) is 6.07 Å². The summed E-state index contributed by atoms with van der Waals surface area (Å²) >= 11 is 0. The highest BCUT2D eigenvalue weighted by Crippen LogP contribution is 2.34. The van der Waals surface area contributed by atoms with Crippen LogP contribution < -0.4 is 10.1 Å². The third kappa shape index (κ3) is 3.13. The lowest BCUT2D eigenvalue weighted by Crippen LogP contribution is -2.24. The lowest BCUT2D eigenvalue weighted by molar-refractivity contribution is 0.311. The summed E-state index contributed by atoms with van der Waals surface area (Å²) in [6.07, 6.45) is 0.526. The molecule has 110 valence electrons. The third-order valence-electron chi connectivity index (χ3n) is 3.50. The normalized spacial score (nSPS) is 16.6. The van der Waals surface area contributed by atoms with E-state index in [0.29, 0.717) is 30.9 Å². The number of hydrogen-bond acceptors (Lipinski definition) is 3. The Kier molecular flexibility index (Phi) is 3.75. The van der Waals surface area contributed by atoms with E-state index in [0.717, 1.165) is 11.6 Å². The molecule has 0 radical (unpaired) electrons. The number of aromatic hydroxyl groups is 1. The molecule has 2 aromatic rings. The average Bonchev–Trinajstić information content (AvgIpc) is 2.80. The molecule has 1 aliphatic heterocycles. The summed E-state index contributed by atoms with van der Waals surface area (Å²) in [7, 11) is 0. The van der Waals surface area contributed by atoms with E-state index < -0.39 is 11.6 Å². The van der Waals surface area contributed by atoms with Crippen molar-refractivity contribution in [1.82, 2.24) is 5.32 Å². The van der Waals surface area contributed by atoms with Gasteiger partial charge in [-0.15, -0.1) is 0 Å². The van der Waals surface area contributed by atoms with Gasteiger partial charge in [0, 0.05) is 17.7 Å². The zero-order valence-electron chi connectivity index (χ0n) is 11.3. The number of phenolic OH excluding ortho intramolecular Hbond substituents is 1. The van der Waals surface area contributed by atoms with E-state index in [1.54, 1.807) is 12.1 Å². The number of nitrogens with one attached hydrogen (secondary N) is 1. The summed E-state index contributed by atoms with van der Waals surface area (Å²) in [5.41, 5.74) is 1.60. The molecule has 2 N–H and O–H groups in total. The van der Waals surface area contributed by atoms with Gasteiger partial charge in [-0.25, -0.2) is 8.78 Å². The predicted octanol–water partition coefficient (Wildman–Crippen LogP) is 2.94. The van der Waals surface area contributed by atoms with Crippen LogP contribution in [0.3, 0.4) is 0 Å². The molecule has 0 aliphatic carbocycles. The minimum Gasteiger partial charge on any atom is -0.508 e. The van der Waals surface area contributed by atoms with Gasteiger partial charge < -0.3 is 15.2 Å². The number of fused-ring (bicyclic) bond motifs is 1. The summed E-state index contributed by atoms with van der Waals surface area (Å²) in [6, 6.07) is 8.58. The van der Waals surface area contributed by atoms with Crippen LogP contribution in [-0.4, -0.2) is 18.3 Å². The van der Waals surface area contributed by atoms with Gasteiger partial charge in [0.2, 0.25) is 0 Å². The monoisotopic (exact) mass is 291 g/mol. The fourth-order valence-electron chi connectivity index (χ4n) is 2.51. The van der Waals surface area contributed by atoms with Gasteiger partial charge in [0.25, 0.3) is 0 Å². The largest absolute Gasteiger partial charge is 0.508 e. The Labute approximate surface area is 121 Å². The molecule has 1 unspecified atom stereocenters. The van der Waals surface area contributed by atoms with Crippen LogP contribution in [-0.2, 0) is 6.42 Å². The smallest absolute Gasteiger partial charge is 0.127 e. The third-order valence-corrected chi connectivity index (χ3v) is 3.50. The van der Waals surface area contributed by atoms with Crippen LogP contribution in [0.15, 0.2) is 36.4 Å². The van der Waals surface area contributed by atoms with Gasteiger partial charge in [-0.05, 0) is 42.8 Å². The quantitative estimate of drug-likeness (QED) is 0.910. The molecule has 0 spiro atoms. The molecule has 3 rings (SSSR count). The van der Waals surface area contributed by atoms with Crippen LogP contribution in [0.25, 0.3) is 0 Å². The van der Waals surface area contributed by atoms with Crippen LogP contribution in [0.1, 0.15) is 17.2 Å². The van der Waals surface area contributed by atoms with E-state index in [9.17, 15) is 13.9 Å². The van der Waals surface area contributed by atoms with E-state index >= 15 is 0 Å². The van der Waals surface area contributed by atoms with Crippen molar-refractivity contribution in [1.29, 1.82) is 0 Å². The van der Waals surface area contributed by atoms with Crippen molar-refractivity contribution in [2.75, 3.05) is 13.2 Å². The van der Waals surface area contributed by atoms with E-state index in [1.165, 1.54) is 12.1 Å². The molecule has 21 heavy (non-hydrogen) atoms. The first-order valence-corrected chi connectivity index (χ1v) is 6.76. The molecule has 3 nitrogen and oxygen atoms in total. The van der Waals surface area contributed by atoms with Gasteiger partial charge in [0.1, 0.15) is 29.7 Å². The van der Waals surface area contributed by atoms with Gasteiger partial charge in [0.05, 0.1) is 6.04 Å². The highest BCUT2D eigenvalue weighted by Gasteiger charge is 2.23. The summed E-state index contributed by atoms with van der Waals surface area (Å²) in [4.78, 5) is 0. The molecule has 0 saturated heterocycles. The van der Waals surface area contributed by atoms with Crippen LogP contribution in [0.2, 0.25) is 0 Å². The van der Waals surface area contributed by atoms with E-state index in [-0.39, 0.29) is 11.8 Å².